The average Bonchev–Trinajstić information content (AvgIpc) is 3.66. The first-order chi connectivity index (χ1) is 26.5. The molecule has 0 bridgehead atoms. The number of carbonyl (C=O) groups is 10. The zero-order chi connectivity index (χ0) is 41.8. The van der Waals surface area contributed by atoms with Crippen LogP contribution in [0.1, 0.15) is 53.1 Å². The van der Waals surface area contributed by atoms with Crippen LogP contribution in [0, 0.1) is 0 Å². The molecule has 57 heavy (non-hydrogen) atoms. The Labute approximate surface area is 335 Å². The number of carbonyl (C=O) groups excluding carboxylic acids is 9. The molecule has 0 radical (unpaired) electrons. The number of rotatable bonds is 10. The first kappa shape index (κ1) is 40.3. The van der Waals surface area contributed by atoms with Gasteiger partial charge >= 0.3 is 30.5 Å². The van der Waals surface area contributed by atoms with Crippen LogP contribution in [0.15, 0.2) is 24.3 Å². The Morgan fingerprint density at radius 3 is 1.67 bits per heavy atom. The van der Waals surface area contributed by atoms with Crippen molar-refractivity contribution in [1.29, 1.82) is 0 Å². The van der Waals surface area contributed by atoms with E-state index in [2.05, 4.69) is 5.32 Å². The number of ether oxygens (including phenoxy) is 4. The molecule has 1 aromatic carbocycles. The van der Waals surface area contributed by atoms with E-state index < -0.39 is 126 Å². The quantitative estimate of drug-likeness (QED) is 0.0877. The number of carboxylic acid groups (broad SMARTS) is 1. The van der Waals surface area contributed by atoms with Crippen LogP contribution in [0.5, 0.6) is 5.75 Å². The highest BCUT2D eigenvalue weighted by molar-refractivity contribution is 8.03. The van der Waals surface area contributed by atoms with Crippen molar-refractivity contribution in [1.82, 2.24) is 20.0 Å². The highest BCUT2D eigenvalue weighted by Gasteiger charge is 2.67. The Hall–Kier alpha value is -4.87. The summed E-state index contributed by atoms with van der Waals surface area (Å²) in [6.45, 7) is 7.27. The second-order valence-electron chi connectivity index (χ2n) is 15.4. The molecular weight excluding hydrogens is 815 g/mol. The first-order valence-electron chi connectivity index (χ1n) is 17.2. The van der Waals surface area contributed by atoms with Gasteiger partial charge in [-0.1, -0.05) is 12.1 Å². The molecular formula is C34H35N5O15S3. The number of fused-ring (bicyclic) bond motifs is 3. The number of nitrogens with zero attached hydrogens (tertiary/aromatic N) is 3. The van der Waals surface area contributed by atoms with Gasteiger partial charge in [-0.05, 0) is 59.2 Å². The normalized spacial score (nSPS) is 30.3. The predicted molar refractivity (Wildman–Crippen MR) is 194 cm³/mol. The Morgan fingerprint density at radius 2 is 1.19 bits per heavy atom. The number of ketones is 2. The van der Waals surface area contributed by atoms with Gasteiger partial charge in [0.05, 0.1) is 0 Å². The van der Waals surface area contributed by atoms with Gasteiger partial charge < -0.3 is 49.8 Å². The number of aliphatic carboxylic acids is 1. The van der Waals surface area contributed by atoms with E-state index in [4.69, 9.17) is 24.7 Å². The van der Waals surface area contributed by atoms with E-state index in [1.54, 1.807) is 41.5 Å². The molecule has 304 valence electrons. The number of nitrogens with two attached hydrogens (primary N) is 1. The summed E-state index contributed by atoms with van der Waals surface area (Å²) in [6.07, 6.45) is -1.55. The van der Waals surface area contributed by atoms with Gasteiger partial charge in [-0.3, -0.25) is 28.8 Å². The zero-order valence-electron chi connectivity index (χ0n) is 30.8. The van der Waals surface area contributed by atoms with Gasteiger partial charge in [0.1, 0.15) is 52.1 Å². The fourth-order valence-corrected chi connectivity index (χ4v) is 12.1. The molecule has 1 aromatic rings. The van der Waals surface area contributed by atoms with Gasteiger partial charge in [0.25, 0.3) is 23.4 Å². The van der Waals surface area contributed by atoms with E-state index in [1.807, 2.05) is 0 Å². The lowest BCUT2D eigenvalue weighted by molar-refractivity contribution is -0.253. The number of hydrogen-bond donors (Lipinski definition) is 3. The summed E-state index contributed by atoms with van der Waals surface area (Å²) in [6, 6.07) is -0.966. The summed E-state index contributed by atoms with van der Waals surface area (Å²) in [5, 5.41) is 9.71. The number of hydrogen-bond acceptors (Lipinski definition) is 18. The zero-order valence-corrected chi connectivity index (χ0v) is 33.3. The van der Waals surface area contributed by atoms with Crippen LogP contribution < -0.4 is 15.8 Å². The third kappa shape index (κ3) is 6.47. The molecule has 4 amide bonds. The molecule has 23 heteroatoms. The van der Waals surface area contributed by atoms with Crippen LogP contribution in [0.25, 0.3) is 0 Å². The third-order valence-corrected chi connectivity index (χ3v) is 14.9. The average molecular weight is 850 g/mol. The van der Waals surface area contributed by atoms with Crippen molar-refractivity contribution in [3.63, 3.8) is 0 Å². The van der Waals surface area contributed by atoms with Crippen LogP contribution in [0.2, 0.25) is 0 Å². The third-order valence-electron chi connectivity index (χ3n) is 10.3. The molecule has 6 aliphatic rings. The number of carboxylic acids is 1. The maximum Gasteiger partial charge on any atom is 0.519 e. The van der Waals surface area contributed by atoms with Crippen LogP contribution in [-0.2, 0) is 57.4 Å². The number of nitrogens with one attached hydrogen (secondary N) is 1. The Morgan fingerprint density at radius 1 is 0.719 bits per heavy atom. The molecule has 6 heterocycles. The van der Waals surface area contributed by atoms with E-state index >= 15 is 0 Å². The van der Waals surface area contributed by atoms with Gasteiger partial charge in [-0.25, -0.2) is 19.2 Å². The van der Waals surface area contributed by atoms with Crippen molar-refractivity contribution in [2.24, 2.45) is 5.73 Å². The maximum atomic E-state index is 13.5. The second-order valence-corrected chi connectivity index (χ2v) is 20.6. The van der Waals surface area contributed by atoms with Gasteiger partial charge in [0, 0.05) is 14.2 Å². The largest absolute Gasteiger partial charge is 0.519 e. The standard InChI is InChI=1S/C34H35N5O15S3/c1-32(2)17(27(46)47)37-21(43)14(24(37)55-32)36-20(42)13(35)11-7-9-12(10-8-11)51-30(50)54-31(52-28(48)18-33(3,4)56-25-15(40)22(44)38(18)25)53-29(49)19-34(5,6)57-26-16(41)23(45)39(19)26/h7-10,13-14,17-19,24-26,31H,35H2,1-6H3,(H,36,42)(H,46,47)/t13?,14?,17-,18-,19-,24+,25+,26+/m0/s1. The SMILES string of the molecule is CC1(C)S[C@@H]2C(=O)C(=O)N2[C@H]1C(=O)OC(OC(=O)Oc1ccc(C(N)C(=O)NC2C(=O)N3[C@@H]2SC(C)(C)[C@@H]3C(=O)O)cc1)OC(=O)[C@@H]1N2C(=O)C(=O)[C@H]2SC1(C)C. The van der Waals surface area contributed by atoms with Crippen LogP contribution in [0.4, 0.5) is 4.79 Å². The van der Waals surface area contributed by atoms with Gasteiger partial charge in [-0.15, -0.1) is 35.3 Å². The maximum absolute atomic E-state index is 13.5. The van der Waals surface area contributed by atoms with Crippen LogP contribution in [0.3, 0.4) is 0 Å². The van der Waals surface area contributed by atoms with E-state index in [0.717, 1.165) is 33.3 Å². The van der Waals surface area contributed by atoms with Crippen molar-refractivity contribution in [2.75, 3.05) is 0 Å². The first-order valence-corrected chi connectivity index (χ1v) is 19.9. The number of amides is 4. The van der Waals surface area contributed by atoms with Gasteiger partial charge in [-0.2, -0.15) is 0 Å². The van der Waals surface area contributed by atoms with Crippen molar-refractivity contribution >= 4 is 94.5 Å². The molecule has 0 aromatic heterocycles. The molecule has 20 nitrogen and oxygen atoms in total. The lowest BCUT2D eigenvalue weighted by Crippen LogP contribution is -2.71. The minimum atomic E-state index is -2.44. The molecule has 2 unspecified atom stereocenters. The van der Waals surface area contributed by atoms with Crippen molar-refractivity contribution in [3.8, 4) is 5.75 Å². The Balaban J connectivity index is 1.01. The molecule has 0 spiro atoms. The number of thioether (sulfide) groups is 3. The topological polar surface area (TPSA) is 276 Å². The summed E-state index contributed by atoms with van der Waals surface area (Å²) in [5.74, 6) is -8.30. The fraction of sp³-hybridized carbons (Fsp3) is 0.529. The molecule has 6 aliphatic heterocycles. The number of esters is 2. The number of Topliss-reactive ketones (excluding diaryl/α,β-unsaturated/α-hetero) is 2. The summed E-state index contributed by atoms with van der Waals surface area (Å²) in [4.78, 5) is 130. The molecule has 0 saturated carbocycles. The Kier molecular flexibility index (Phi) is 9.64. The van der Waals surface area contributed by atoms with E-state index in [9.17, 15) is 53.1 Å². The van der Waals surface area contributed by atoms with Crippen molar-refractivity contribution in [2.45, 2.75) is 109 Å². The molecule has 8 atom stereocenters. The summed E-state index contributed by atoms with van der Waals surface area (Å²) in [7, 11) is 0. The monoisotopic (exact) mass is 849 g/mol. The number of β-lactam (4-membered cyclic amide) rings is 3. The minimum absolute atomic E-state index is 0.177. The lowest BCUT2D eigenvalue weighted by atomic mass is 9.95. The lowest BCUT2D eigenvalue weighted by Gasteiger charge is -2.43. The highest BCUT2D eigenvalue weighted by Crippen LogP contribution is 2.52. The Bertz CT molecular complexity index is 1990. The van der Waals surface area contributed by atoms with Crippen LogP contribution in [-0.4, -0.2) is 140 Å². The summed E-state index contributed by atoms with van der Waals surface area (Å²) >= 11 is 3.31. The molecule has 6 fully saturated rings. The molecule has 7 rings (SSSR count). The van der Waals surface area contributed by atoms with Crippen molar-refractivity contribution in [3.05, 3.63) is 29.8 Å². The van der Waals surface area contributed by atoms with E-state index in [1.165, 1.54) is 40.9 Å². The summed E-state index contributed by atoms with van der Waals surface area (Å²) in [5.41, 5.74) is 6.38. The smallest absolute Gasteiger partial charge is 0.480 e. The van der Waals surface area contributed by atoms with Crippen molar-refractivity contribution < 1.29 is 72.0 Å². The minimum Gasteiger partial charge on any atom is -0.480 e. The van der Waals surface area contributed by atoms with E-state index in [0.29, 0.717) is 0 Å². The second kappa shape index (κ2) is 13.6. The summed E-state index contributed by atoms with van der Waals surface area (Å²) < 4.78 is 18.0. The van der Waals surface area contributed by atoms with Gasteiger partial charge in [0.15, 0.2) is 0 Å². The molecule has 6 saturated heterocycles. The van der Waals surface area contributed by atoms with Gasteiger partial charge in [0.2, 0.25) is 11.8 Å². The van der Waals surface area contributed by atoms with E-state index in [-0.39, 0.29) is 11.3 Å². The molecule has 4 N–H and O–H groups in total. The number of benzene rings is 1. The predicted octanol–water partition coefficient (Wildman–Crippen LogP) is -0.534. The van der Waals surface area contributed by atoms with Crippen LogP contribution >= 0.6 is 35.3 Å². The highest BCUT2D eigenvalue weighted by atomic mass is 32.2. The molecule has 0 aliphatic carbocycles. The fourth-order valence-electron chi connectivity index (χ4n) is 7.57.